The van der Waals surface area contributed by atoms with Gasteiger partial charge in [-0.25, -0.2) is 4.98 Å². The van der Waals surface area contributed by atoms with Gasteiger partial charge in [0.25, 0.3) is 0 Å². The van der Waals surface area contributed by atoms with Gasteiger partial charge in [-0.1, -0.05) is 12.1 Å². The van der Waals surface area contributed by atoms with E-state index in [2.05, 4.69) is 23.3 Å². The van der Waals surface area contributed by atoms with E-state index in [-0.39, 0.29) is 5.75 Å². The number of benzene rings is 2. The Balaban J connectivity index is 1.67. The van der Waals surface area contributed by atoms with Crippen molar-refractivity contribution in [1.29, 1.82) is 5.26 Å². The summed E-state index contributed by atoms with van der Waals surface area (Å²) in [7, 11) is 3.79. The van der Waals surface area contributed by atoms with Crippen molar-refractivity contribution in [2.45, 2.75) is 25.3 Å². The van der Waals surface area contributed by atoms with Crippen molar-refractivity contribution in [3.05, 3.63) is 60.2 Å². The molecular formula is C26H28N4O2. The average molecular weight is 429 g/mol. The van der Waals surface area contributed by atoms with Crippen molar-refractivity contribution in [3.63, 3.8) is 0 Å². The highest BCUT2D eigenvalue weighted by Crippen LogP contribution is 2.35. The number of nitrogens with one attached hydrogen (secondary N) is 1. The molecule has 2 N–H and O–H groups in total. The van der Waals surface area contributed by atoms with E-state index in [0.717, 1.165) is 36.5 Å². The van der Waals surface area contributed by atoms with Gasteiger partial charge in [-0.05, 0) is 86.4 Å². The van der Waals surface area contributed by atoms with Crippen molar-refractivity contribution in [1.82, 2.24) is 9.88 Å². The van der Waals surface area contributed by atoms with E-state index >= 15 is 0 Å². The first-order valence-corrected chi connectivity index (χ1v) is 10.9. The largest absolute Gasteiger partial charge is 0.507 e. The quantitative estimate of drug-likeness (QED) is 0.557. The molecule has 0 radical (unpaired) electrons. The van der Waals surface area contributed by atoms with Crippen LogP contribution in [-0.4, -0.2) is 48.3 Å². The molecule has 0 saturated carbocycles. The second-order valence-electron chi connectivity index (χ2n) is 8.19. The monoisotopic (exact) mass is 428 g/mol. The predicted molar refractivity (Wildman–Crippen MR) is 127 cm³/mol. The van der Waals surface area contributed by atoms with Crippen LogP contribution in [0.1, 0.15) is 24.8 Å². The topological polar surface area (TPSA) is 81.4 Å². The van der Waals surface area contributed by atoms with Crippen LogP contribution in [0.15, 0.2) is 54.6 Å². The molecule has 3 aromatic rings. The molecule has 1 fully saturated rings. The van der Waals surface area contributed by atoms with Gasteiger partial charge in [0.05, 0.1) is 24.4 Å². The molecule has 0 spiro atoms. The maximum absolute atomic E-state index is 10.5. The number of phenols is 1. The molecule has 6 heteroatoms. The lowest BCUT2D eigenvalue weighted by Crippen LogP contribution is -2.27. The summed E-state index contributed by atoms with van der Waals surface area (Å²) in [5.41, 5.74) is 3.82. The molecule has 164 valence electrons. The Morgan fingerprint density at radius 1 is 1.16 bits per heavy atom. The molecule has 0 amide bonds. The molecule has 32 heavy (non-hydrogen) atoms. The number of phenolic OH excluding ortho intramolecular Hbond substituents is 1. The molecule has 1 saturated heterocycles. The number of methoxy groups -OCH3 is 1. The standard InChI is InChI=1S/C26H28N4O2/c1-30-13-3-4-21(30)11-12-28-26-15-20(19-7-5-18(17-27)6-8-19)14-24(29-26)23-16-22(32-2)9-10-25(23)31/h5-10,14-16,21,31H,3-4,11-13H2,1-2H3,(H,28,29). The number of aromatic hydroxyl groups is 1. The van der Waals surface area contributed by atoms with E-state index in [4.69, 9.17) is 15.0 Å². The molecule has 2 heterocycles. The van der Waals surface area contributed by atoms with Crippen LogP contribution in [0.5, 0.6) is 11.5 Å². The number of pyridine rings is 1. The fourth-order valence-corrected chi connectivity index (χ4v) is 4.22. The molecule has 1 unspecified atom stereocenters. The summed E-state index contributed by atoms with van der Waals surface area (Å²) < 4.78 is 5.34. The lowest BCUT2D eigenvalue weighted by molar-refractivity contribution is 0.301. The van der Waals surface area contributed by atoms with Gasteiger partial charge in [-0.2, -0.15) is 5.26 Å². The Bertz CT molecular complexity index is 1120. The van der Waals surface area contributed by atoms with Crippen molar-refractivity contribution in [2.24, 2.45) is 0 Å². The number of nitriles is 1. The minimum Gasteiger partial charge on any atom is -0.507 e. The van der Waals surface area contributed by atoms with Gasteiger partial charge in [0.15, 0.2) is 0 Å². The van der Waals surface area contributed by atoms with Gasteiger partial charge in [0, 0.05) is 18.2 Å². The average Bonchev–Trinajstić information content (AvgIpc) is 3.24. The van der Waals surface area contributed by atoms with E-state index in [0.29, 0.717) is 28.6 Å². The van der Waals surface area contributed by atoms with Crippen molar-refractivity contribution in [3.8, 4) is 40.0 Å². The highest BCUT2D eigenvalue weighted by atomic mass is 16.5. The Morgan fingerprint density at radius 2 is 1.97 bits per heavy atom. The van der Waals surface area contributed by atoms with E-state index in [1.54, 1.807) is 25.3 Å². The number of likely N-dealkylation sites (tertiary alicyclic amines) is 1. The first-order chi connectivity index (χ1) is 15.6. The van der Waals surface area contributed by atoms with Crippen LogP contribution in [0.4, 0.5) is 5.82 Å². The molecule has 1 aliphatic rings. The van der Waals surface area contributed by atoms with E-state index in [1.807, 2.05) is 36.4 Å². The molecule has 1 aromatic heterocycles. The van der Waals surface area contributed by atoms with Gasteiger partial charge in [0.2, 0.25) is 0 Å². The Hall–Kier alpha value is -3.56. The third kappa shape index (κ3) is 4.84. The minimum absolute atomic E-state index is 0.147. The minimum atomic E-state index is 0.147. The van der Waals surface area contributed by atoms with Gasteiger partial charge >= 0.3 is 0 Å². The van der Waals surface area contributed by atoms with Crippen LogP contribution in [-0.2, 0) is 0 Å². The van der Waals surface area contributed by atoms with Crippen LogP contribution in [0.3, 0.4) is 0 Å². The van der Waals surface area contributed by atoms with Gasteiger partial charge < -0.3 is 20.1 Å². The molecule has 1 atom stereocenters. The van der Waals surface area contributed by atoms with Crippen LogP contribution < -0.4 is 10.1 Å². The van der Waals surface area contributed by atoms with Gasteiger partial charge in [-0.3, -0.25) is 0 Å². The number of anilines is 1. The lowest BCUT2D eigenvalue weighted by Gasteiger charge is -2.19. The molecular weight excluding hydrogens is 400 g/mol. The van der Waals surface area contributed by atoms with Gasteiger partial charge in [0.1, 0.15) is 17.3 Å². The summed E-state index contributed by atoms with van der Waals surface area (Å²) in [6, 6.07) is 19.3. The van der Waals surface area contributed by atoms with Crippen molar-refractivity contribution >= 4 is 5.82 Å². The fourth-order valence-electron chi connectivity index (χ4n) is 4.22. The normalized spacial score (nSPS) is 16.0. The number of aromatic nitrogens is 1. The van der Waals surface area contributed by atoms with Crippen molar-refractivity contribution < 1.29 is 9.84 Å². The summed E-state index contributed by atoms with van der Waals surface area (Å²) in [6.45, 7) is 1.98. The highest BCUT2D eigenvalue weighted by molar-refractivity contribution is 5.77. The zero-order valence-electron chi connectivity index (χ0n) is 18.5. The summed E-state index contributed by atoms with van der Waals surface area (Å²) in [5.74, 6) is 1.56. The summed E-state index contributed by atoms with van der Waals surface area (Å²) in [4.78, 5) is 7.21. The molecule has 6 nitrogen and oxygen atoms in total. The second kappa shape index (κ2) is 9.71. The molecule has 2 aromatic carbocycles. The summed E-state index contributed by atoms with van der Waals surface area (Å²) in [5, 5.41) is 23.1. The zero-order valence-corrected chi connectivity index (χ0v) is 18.5. The van der Waals surface area contributed by atoms with E-state index < -0.39 is 0 Å². The molecule has 0 bridgehead atoms. The van der Waals surface area contributed by atoms with Crippen LogP contribution in [0.25, 0.3) is 22.4 Å². The Labute approximate surface area is 189 Å². The predicted octanol–water partition coefficient (Wildman–Crippen LogP) is 4.90. The number of hydrogen-bond donors (Lipinski definition) is 2. The Kier molecular flexibility index (Phi) is 6.58. The Morgan fingerprint density at radius 3 is 2.66 bits per heavy atom. The maximum atomic E-state index is 10.5. The van der Waals surface area contributed by atoms with Gasteiger partial charge in [-0.15, -0.1) is 0 Å². The number of rotatable bonds is 7. The first kappa shape index (κ1) is 21.7. The third-order valence-corrected chi connectivity index (χ3v) is 6.11. The summed E-state index contributed by atoms with van der Waals surface area (Å²) in [6.07, 6.45) is 3.55. The first-order valence-electron chi connectivity index (χ1n) is 10.9. The summed E-state index contributed by atoms with van der Waals surface area (Å²) >= 11 is 0. The van der Waals surface area contributed by atoms with Crippen LogP contribution >= 0.6 is 0 Å². The smallest absolute Gasteiger partial charge is 0.127 e. The van der Waals surface area contributed by atoms with E-state index in [1.165, 1.54) is 12.8 Å². The third-order valence-electron chi connectivity index (χ3n) is 6.11. The molecule has 0 aliphatic carbocycles. The fraction of sp³-hybridized carbons (Fsp3) is 0.308. The second-order valence-corrected chi connectivity index (χ2v) is 8.19. The number of hydrogen-bond acceptors (Lipinski definition) is 6. The van der Waals surface area contributed by atoms with Crippen LogP contribution in [0.2, 0.25) is 0 Å². The van der Waals surface area contributed by atoms with Crippen molar-refractivity contribution in [2.75, 3.05) is 32.6 Å². The highest BCUT2D eigenvalue weighted by Gasteiger charge is 2.20. The molecule has 4 rings (SSSR count). The lowest BCUT2D eigenvalue weighted by atomic mass is 10.0. The van der Waals surface area contributed by atoms with Crippen LogP contribution in [0, 0.1) is 11.3 Å². The number of ether oxygens (including phenoxy) is 1. The maximum Gasteiger partial charge on any atom is 0.127 e. The zero-order chi connectivity index (χ0) is 22.5. The number of nitrogens with zero attached hydrogens (tertiary/aromatic N) is 3. The van der Waals surface area contributed by atoms with E-state index in [9.17, 15) is 5.11 Å². The SMILES string of the molecule is COc1ccc(O)c(-c2cc(-c3ccc(C#N)cc3)cc(NCCC3CCCN3C)n2)c1. The molecule has 1 aliphatic heterocycles.